The van der Waals surface area contributed by atoms with Gasteiger partial charge in [0.2, 0.25) is 0 Å². The number of aliphatic hydroxyl groups is 1. The molecule has 1 nitrogen and oxygen atoms in total. The average Bonchev–Trinajstić information content (AvgIpc) is 2.65. The lowest BCUT2D eigenvalue weighted by molar-refractivity contribution is 0.220. The van der Waals surface area contributed by atoms with E-state index in [9.17, 15) is 5.11 Å². The van der Waals surface area contributed by atoms with Gasteiger partial charge in [-0.1, -0.05) is 23.7 Å². The molecule has 0 aliphatic heterocycles. The number of hydrogen-bond acceptors (Lipinski definition) is 2. The molecule has 0 fully saturated rings. The van der Waals surface area contributed by atoms with Crippen LogP contribution in [0.3, 0.4) is 0 Å². The van der Waals surface area contributed by atoms with Gasteiger partial charge in [-0.3, -0.25) is 0 Å². The molecule has 0 bridgehead atoms. The van der Waals surface area contributed by atoms with Gasteiger partial charge >= 0.3 is 0 Å². The second kappa shape index (κ2) is 4.35. The first-order valence-electron chi connectivity index (χ1n) is 4.64. The molecule has 3 heteroatoms. The zero-order valence-electron chi connectivity index (χ0n) is 8.27. The summed E-state index contributed by atoms with van der Waals surface area (Å²) in [4.78, 5) is 0. The van der Waals surface area contributed by atoms with Crippen molar-refractivity contribution in [2.45, 2.75) is 13.0 Å². The molecule has 1 N–H and O–H groups in total. The van der Waals surface area contributed by atoms with Gasteiger partial charge in [0.25, 0.3) is 0 Å². The molecule has 0 aliphatic rings. The smallest absolute Gasteiger partial charge is 0.105 e. The van der Waals surface area contributed by atoms with Gasteiger partial charge in [-0.2, -0.15) is 11.3 Å². The Bertz CT molecular complexity index is 447. The number of rotatable bonds is 2. The second-order valence-corrected chi connectivity index (χ2v) is 4.64. The molecule has 0 saturated carbocycles. The van der Waals surface area contributed by atoms with Crippen LogP contribution in [0.1, 0.15) is 22.8 Å². The number of aliphatic hydroxyl groups excluding tert-OH is 1. The average molecular weight is 239 g/mol. The van der Waals surface area contributed by atoms with Crippen molar-refractivity contribution in [2.75, 3.05) is 0 Å². The van der Waals surface area contributed by atoms with Crippen molar-refractivity contribution in [3.63, 3.8) is 0 Å². The summed E-state index contributed by atoms with van der Waals surface area (Å²) >= 11 is 7.40. The minimum Gasteiger partial charge on any atom is -0.384 e. The zero-order valence-corrected chi connectivity index (χ0v) is 9.85. The summed E-state index contributed by atoms with van der Waals surface area (Å²) in [6.45, 7) is 2.00. The zero-order chi connectivity index (χ0) is 10.8. The van der Waals surface area contributed by atoms with Gasteiger partial charge in [-0.15, -0.1) is 0 Å². The van der Waals surface area contributed by atoms with E-state index in [1.165, 1.54) is 0 Å². The third-order valence-electron chi connectivity index (χ3n) is 2.38. The highest BCUT2D eigenvalue weighted by atomic mass is 35.5. The van der Waals surface area contributed by atoms with Gasteiger partial charge in [-0.25, -0.2) is 0 Å². The highest BCUT2D eigenvalue weighted by Gasteiger charge is 2.12. The molecular weight excluding hydrogens is 228 g/mol. The summed E-state index contributed by atoms with van der Waals surface area (Å²) in [7, 11) is 0. The van der Waals surface area contributed by atoms with E-state index in [1.807, 2.05) is 29.8 Å². The molecule has 78 valence electrons. The van der Waals surface area contributed by atoms with E-state index >= 15 is 0 Å². The van der Waals surface area contributed by atoms with Gasteiger partial charge < -0.3 is 5.11 Å². The SMILES string of the molecule is Cc1cscc1C(O)c1ccc(Cl)cc1. The fourth-order valence-electron chi connectivity index (χ4n) is 1.48. The van der Waals surface area contributed by atoms with Crippen molar-refractivity contribution in [3.8, 4) is 0 Å². The lowest BCUT2D eigenvalue weighted by atomic mass is 10.0. The van der Waals surface area contributed by atoms with Crippen molar-refractivity contribution < 1.29 is 5.11 Å². The first-order valence-corrected chi connectivity index (χ1v) is 5.97. The summed E-state index contributed by atoms with van der Waals surface area (Å²) in [6, 6.07) is 7.29. The molecule has 15 heavy (non-hydrogen) atoms. The molecule has 2 aromatic rings. The maximum absolute atomic E-state index is 10.1. The van der Waals surface area contributed by atoms with E-state index in [2.05, 4.69) is 0 Å². The van der Waals surface area contributed by atoms with E-state index in [1.54, 1.807) is 23.5 Å². The van der Waals surface area contributed by atoms with Gasteiger partial charge in [0.05, 0.1) is 0 Å². The normalized spacial score (nSPS) is 12.7. The van der Waals surface area contributed by atoms with Crippen molar-refractivity contribution in [3.05, 3.63) is 56.7 Å². The quantitative estimate of drug-likeness (QED) is 0.844. The summed E-state index contributed by atoms with van der Waals surface area (Å²) in [5.74, 6) is 0. The minimum absolute atomic E-state index is 0.548. The van der Waals surface area contributed by atoms with E-state index in [-0.39, 0.29) is 0 Å². The summed E-state index contributed by atoms with van der Waals surface area (Å²) in [5, 5.41) is 14.8. The first-order chi connectivity index (χ1) is 7.18. The Labute approximate surface area is 98.0 Å². The lowest BCUT2D eigenvalue weighted by Crippen LogP contribution is -1.99. The van der Waals surface area contributed by atoms with Gasteiger partial charge in [-0.05, 0) is 46.5 Å². The second-order valence-electron chi connectivity index (χ2n) is 3.46. The van der Waals surface area contributed by atoms with E-state index in [0.717, 1.165) is 16.7 Å². The first kappa shape index (κ1) is 10.7. The molecule has 0 saturated heterocycles. The van der Waals surface area contributed by atoms with Crippen LogP contribution < -0.4 is 0 Å². The molecule has 0 spiro atoms. The highest BCUT2D eigenvalue weighted by Crippen LogP contribution is 2.27. The molecule has 0 radical (unpaired) electrons. The van der Waals surface area contributed by atoms with Crippen LogP contribution in [-0.4, -0.2) is 5.11 Å². The van der Waals surface area contributed by atoms with Crippen LogP contribution in [-0.2, 0) is 0 Å². The largest absolute Gasteiger partial charge is 0.384 e. The Kier molecular flexibility index (Phi) is 3.10. The van der Waals surface area contributed by atoms with Crippen molar-refractivity contribution in [1.82, 2.24) is 0 Å². The number of benzene rings is 1. The maximum atomic E-state index is 10.1. The van der Waals surface area contributed by atoms with Crippen LogP contribution in [0, 0.1) is 6.92 Å². The Hall–Kier alpha value is -0.830. The Morgan fingerprint density at radius 3 is 2.40 bits per heavy atom. The minimum atomic E-state index is -0.548. The predicted octanol–water partition coefficient (Wildman–Crippen LogP) is 3.79. The third kappa shape index (κ3) is 2.23. The third-order valence-corrected chi connectivity index (χ3v) is 3.51. The van der Waals surface area contributed by atoms with Crippen LogP contribution in [0.2, 0.25) is 5.02 Å². The Balaban J connectivity index is 2.32. The lowest BCUT2D eigenvalue weighted by Gasteiger charge is -2.10. The molecule has 1 heterocycles. The number of hydrogen-bond donors (Lipinski definition) is 1. The van der Waals surface area contributed by atoms with Crippen LogP contribution in [0.5, 0.6) is 0 Å². The van der Waals surface area contributed by atoms with Crippen molar-refractivity contribution >= 4 is 22.9 Å². The Morgan fingerprint density at radius 1 is 1.20 bits per heavy atom. The summed E-state index contributed by atoms with van der Waals surface area (Å²) < 4.78 is 0. The molecule has 1 unspecified atom stereocenters. The number of thiophene rings is 1. The topological polar surface area (TPSA) is 20.2 Å². The maximum Gasteiger partial charge on any atom is 0.105 e. The van der Waals surface area contributed by atoms with Gasteiger partial charge in [0, 0.05) is 5.02 Å². The number of aryl methyl sites for hydroxylation is 1. The monoisotopic (exact) mass is 238 g/mol. The molecular formula is C12H11ClOS. The van der Waals surface area contributed by atoms with Crippen LogP contribution >= 0.6 is 22.9 Å². The molecule has 1 aromatic heterocycles. The van der Waals surface area contributed by atoms with Crippen LogP contribution in [0.15, 0.2) is 35.0 Å². The Morgan fingerprint density at radius 2 is 1.87 bits per heavy atom. The van der Waals surface area contributed by atoms with E-state index in [0.29, 0.717) is 5.02 Å². The van der Waals surface area contributed by atoms with Crippen LogP contribution in [0.25, 0.3) is 0 Å². The van der Waals surface area contributed by atoms with E-state index in [4.69, 9.17) is 11.6 Å². The molecule has 1 atom stereocenters. The van der Waals surface area contributed by atoms with Crippen molar-refractivity contribution in [2.24, 2.45) is 0 Å². The predicted molar refractivity (Wildman–Crippen MR) is 64.6 cm³/mol. The summed E-state index contributed by atoms with van der Waals surface area (Å²) in [6.07, 6.45) is -0.548. The fraction of sp³-hybridized carbons (Fsp3) is 0.167. The highest BCUT2D eigenvalue weighted by molar-refractivity contribution is 7.08. The molecule has 1 aromatic carbocycles. The summed E-state index contributed by atoms with van der Waals surface area (Å²) in [5.41, 5.74) is 2.98. The van der Waals surface area contributed by atoms with Crippen molar-refractivity contribution in [1.29, 1.82) is 0 Å². The van der Waals surface area contributed by atoms with Crippen LogP contribution in [0.4, 0.5) is 0 Å². The standard InChI is InChI=1S/C12H11ClOS/c1-8-6-15-7-11(8)12(14)9-2-4-10(13)5-3-9/h2-7,12,14H,1H3. The number of halogens is 1. The van der Waals surface area contributed by atoms with Gasteiger partial charge in [0.15, 0.2) is 0 Å². The van der Waals surface area contributed by atoms with E-state index < -0.39 is 6.10 Å². The van der Waals surface area contributed by atoms with Gasteiger partial charge in [0.1, 0.15) is 6.10 Å². The molecule has 0 aliphatic carbocycles. The molecule has 2 rings (SSSR count). The fourth-order valence-corrected chi connectivity index (χ4v) is 2.47. The molecule has 0 amide bonds.